The first-order valence-electron chi connectivity index (χ1n) is 6.15. The van der Waals surface area contributed by atoms with Crippen LogP contribution >= 0.6 is 11.8 Å². The summed E-state index contributed by atoms with van der Waals surface area (Å²) in [6.45, 7) is 6.98. The molecule has 0 saturated carbocycles. The number of rotatable bonds is 5. The Hall–Kier alpha value is -0.750. The number of thioether (sulfide) groups is 1. The van der Waals surface area contributed by atoms with Crippen LogP contribution in [0.3, 0.4) is 0 Å². The zero-order valence-corrected chi connectivity index (χ0v) is 11.9. The van der Waals surface area contributed by atoms with Crippen molar-refractivity contribution < 1.29 is 19.4 Å². The minimum Gasteiger partial charge on any atom is -0.481 e. The number of carboxylic acid groups (broad SMARTS) is 1. The van der Waals surface area contributed by atoms with E-state index in [-0.39, 0.29) is 29.8 Å². The van der Waals surface area contributed by atoms with Gasteiger partial charge in [0.15, 0.2) is 0 Å². The third-order valence-electron chi connectivity index (χ3n) is 2.73. The van der Waals surface area contributed by atoms with Crippen molar-refractivity contribution in [1.29, 1.82) is 0 Å². The van der Waals surface area contributed by atoms with Crippen molar-refractivity contribution in [2.45, 2.75) is 44.6 Å². The summed E-state index contributed by atoms with van der Waals surface area (Å²) in [6.07, 6.45) is 0.228. The van der Waals surface area contributed by atoms with Gasteiger partial charge in [-0.3, -0.25) is 9.59 Å². The van der Waals surface area contributed by atoms with Gasteiger partial charge in [-0.2, -0.15) is 0 Å². The molecular formula is C12H21NO4S. The second-order valence-corrected chi connectivity index (χ2v) is 6.20. The molecule has 0 aromatic heterocycles. The molecular weight excluding hydrogens is 254 g/mol. The maximum atomic E-state index is 12.0. The molecule has 3 atom stereocenters. The molecule has 1 saturated heterocycles. The van der Waals surface area contributed by atoms with E-state index in [1.165, 1.54) is 11.8 Å². The molecule has 5 nitrogen and oxygen atoms in total. The summed E-state index contributed by atoms with van der Waals surface area (Å²) >= 11 is 1.40. The highest BCUT2D eigenvalue weighted by atomic mass is 32.2. The maximum absolute atomic E-state index is 12.0. The van der Waals surface area contributed by atoms with Gasteiger partial charge < -0.3 is 14.7 Å². The lowest BCUT2D eigenvalue weighted by Gasteiger charge is -2.35. The molecule has 1 aliphatic heterocycles. The van der Waals surface area contributed by atoms with Crippen LogP contribution in [0.4, 0.5) is 0 Å². The number of hydrogen-bond donors (Lipinski definition) is 1. The third kappa shape index (κ3) is 5.27. The Balaban J connectivity index is 2.34. The molecule has 6 heteroatoms. The van der Waals surface area contributed by atoms with E-state index in [2.05, 4.69) is 0 Å². The van der Waals surface area contributed by atoms with Crippen LogP contribution < -0.4 is 0 Å². The van der Waals surface area contributed by atoms with Crippen molar-refractivity contribution in [3.05, 3.63) is 0 Å². The van der Waals surface area contributed by atoms with Crippen molar-refractivity contribution in [3.8, 4) is 0 Å². The van der Waals surface area contributed by atoms with E-state index in [0.717, 1.165) is 0 Å². The fourth-order valence-electron chi connectivity index (χ4n) is 1.99. The number of carboxylic acids is 1. The highest BCUT2D eigenvalue weighted by molar-refractivity contribution is 8.00. The molecule has 1 heterocycles. The fraction of sp³-hybridized carbons (Fsp3) is 0.833. The second-order valence-electron chi connectivity index (χ2n) is 4.78. The summed E-state index contributed by atoms with van der Waals surface area (Å²) in [6, 6.07) is 0. The first kappa shape index (κ1) is 15.3. The van der Waals surface area contributed by atoms with Gasteiger partial charge in [0, 0.05) is 18.3 Å². The summed E-state index contributed by atoms with van der Waals surface area (Å²) in [5.41, 5.74) is 0. The quantitative estimate of drug-likeness (QED) is 0.817. The van der Waals surface area contributed by atoms with Crippen LogP contribution in [-0.2, 0) is 14.3 Å². The highest BCUT2D eigenvalue weighted by Gasteiger charge is 2.26. The number of nitrogens with zero attached hydrogens (tertiary/aromatic N) is 1. The van der Waals surface area contributed by atoms with Crippen molar-refractivity contribution in [2.75, 3.05) is 18.8 Å². The molecule has 1 fully saturated rings. The summed E-state index contributed by atoms with van der Waals surface area (Å²) in [7, 11) is 0. The number of morpholine rings is 1. The lowest BCUT2D eigenvalue weighted by molar-refractivity contribution is -0.140. The van der Waals surface area contributed by atoms with E-state index >= 15 is 0 Å². The molecule has 0 radical (unpaired) electrons. The normalized spacial score (nSPS) is 25.8. The van der Waals surface area contributed by atoms with Gasteiger partial charge in [0.25, 0.3) is 0 Å². The monoisotopic (exact) mass is 275 g/mol. The van der Waals surface area contributed by atoms with Crippen LogP contribution in [0.2, 0.25) is 0 Å². The smallest absolute Gasteiger partial charge is 0.304 e. The Labute approximate surface area is 112 Å². The van der Waals surface area contributed by atoms with Crippen LogP contribution in [0.5, 0.6) is 0 Å². The molecule has 18 heavy (non-hydrogen) atoms. The van der Waals surface area contributed by atoms with Crippen LogP contribution in [-0.4, -0.2) is 58.2 Å². The molecule has 0 aliphatic carbocycles. The Morgan fingerprint density at radius 2 is 1.94 bits per heavy atom. The third-order valence-corrected chi connectivity index (χ3v) is 3.88. The molecule has 0 bridgehead atoms. The Kier molecular flexibility index (Phi) is 5.95. The number of hydrogen-bond acceptors (Lipinski definition) is 4. The van der Waals surface area contributed by atoms with Gasteiger partial charge in [0.2, 0.25) is 5.91 Å². The van der Waals surface area contributed by atoms with Crippen molar-refractivity contribution in [3.63, 3.8) is 0 Å². The first-order valence-corrected chi connectivity index (χ1v) is 7.20. The number of amides is 1. The van der Waals surface area contributed by atoms with E-state index in [1.807, 2.05) is 20.8 Å². The van der Waals surface area contributed by atoms with Gasteiger partial charge in [0.05, 0.1) is 24.4 Å². The van der Waals surface area contributed by atoms with Gasteiger partial charge >= 0.3 is 5.97 Å². The molecule has 1 amide bonds. The number of ether oxygens (including phenoxy) is 1. The van der Waals surface area contributed by atoms with Gasteiger partial charge in [0.1, 0.15) is 0 Å². The fourth-order valence-corrected chi connectivity index (χ4v) is 2.86. The van der Waals surface area contributed by atoms with Crippen molar-refractivity contribution in [2.24, 2.45) is 0 Å². The van der Waals surface area contributed by atoms with Crippen LogP contribution in [0, 0.1) is 0 Å². The van der Waals surface area contributed by atoms with Gasteiger partial charge in [-0.1, -0.05) is 6.92 Å². The van der Waals surface area contributed by atoms with Gasteiger partial charge in [-0.15, -0.1) is 11.8 Å². The zero-order valence-electron chi connectivity index (χ0n) is 11.1. The largest absolute Gasteiger partial charge is 0.481 e. The topological polar surface area (TPSA) is 66.8 Å². The second kappa shape index (κ2) is 6.99. The van der Waals surface area contributed by atoms with E-state index in [1.54, 1.807) is 4.90 Å². The van der Waals surface area contributed by atoms with Crippen LogP contribution in [0.1, 0.15) is 27.2 Å². The van der Waals surface area contributed by atoms with Crippen LogP contribution in [0.15, 0.2) is 0 Å². The Bertz CT molecular complexity index is 300. The predicted octanol–water partition coefficient (Wildman–Crippen LogP) is 1.22. The maximum Gasteiger partial charge on any atom is 0.304 e. The zero-order chi connectivity index (χ0) is 13.7. The summed E-state index contributed by atoms with van der Waals surface area (Å²) in [5.74, 6) is -0.413. The van der Waals surface area contributed by atoms with E-state index < -0.39 is 5.97 Å². The minimum atomic E-state index is -0.823. The summed E-state index contributed by atoms with van der Waals surface area (Å²) in [5, 5.41) is 8.60. The molecule has 0 aromatic carbocycles. The average molecular weight is 275 g/mol. The van der Waals surface area contributed by atoms with E-state index in [4.69, 9.17) is 9.84 Å². The lowest BCUT2D eigenvalue weighted by Crippen LogP contribution is -2.48. The number of aliphatic carboxylic acids is 1. The molecule has 3 unspecified atom stereocenters. The van der Waals surface area contributed by atoms with Gasteiger partial charge in [-0.25, -0.2) is 0 Å². The van der Waals surface area contributed by atoms with Gasteiger partial charge in [-0.05, 0) is 13.8 Å². The molecule has 1 aliphatic rings. The standard InChI is InChI=1S/C12H21NO4S/c1-8-5-13(6-9(2)17-8)11(14)7-18-10(3)4-12(15)16/h8-10H,4-7H2,1-3H3,(H,15,16). The lowest BCUT2D eigenvalue weighted by atomic mass is 10.2. The SMILES string of the molecule is CC1CN(C(=O)CSC(C)CC(=O)O)CC(C)O1. The molecule has 0 aromatic rings. The highest BCUT2D eigenvalue weighted by Crippen LogP contribution is 2.17. The predicted molar refractivity (Wildman–Crippen MR) is 70.8 cm³/mol. The first-order chi connectivity index (χ1) is 8.38. The van der Waals surface area contributed by atoms with Crippen molar-refractivity contribution >= 4 is 23.6 Å². The van der Waals surface area contributed by atoms with E-state index in [0.29, 0.717) is 18.8 Å². The molecule has 1 rings (SSSR count). The van der Waals surface area contributed by atoms with Crippen LogP contribution in [0.25, 0.3) is 0 Å². The molecule has 1 N–H and O–H groups in total. The Morgan fingerprint density at radius 3 is 2.44 bits per heavy atom. The average Bonchev–Trinajstić information content (AvgIpc) is 2.23. The number of carbonyl (C=O) groups is 2. The van der Waals surface area contributed by atoms with E-state index in [9.17, 15) is 9.59 Å². The summed E-state index contributed by atoms with van der Waals surface area (Å²) in [4.78, 5) is 24.3. The molecule has 0 spiro atoms. The summed E-state index contributed by atoms with van der Waals surface area (Å²) < 4.78 is 5.57. The molecule has 104 valence electrons. The van der Waals surface area contributed by atoms with Crippen molar-refractivity contribution in [1.82, 2.24) is 4.90 Å². The number of carbonyl (C=O) groups excluding carboxylic acids is 1. The minimum absolute atomic E-state index is 0.0395. The Morgan fingerprint density at radius 1 is 1.39 bits per heavy atom.